The summed E-state index contributed by atoms with van der Waals surface area (Å²) in [7, 11) is 0. The Balaban J connectivity index is 1.78. The fourth-order valence-corrected chi connectivity index (χ4v) is 3.34. The molecule has 2 N–H and O–H groups in total. The van der Waals surface area contributed by atoms with Crippen molar-refractivity contribution in [2.75, 3.05) is 25.1 Å². The monoisotopic (exact) mass is 436 g/mol. The molecule has 9 heteroatoms. The number of para-hydroxylation sites is 1. The van der Waals surface area contributed by atoms with E-state index < -0.39 is 17.6 Å². The summed E-state index contributed by atoms with van der Waals surface area (Å²) in [5.41, 5.74) is 0.215. The number of nitrogens with zero attached hydrogens (tertiary/aromatic N) is 1. The summed E-state index contributed by atoms with van der Waals surface area (Å²) >= 11 is 0. The summed E-state index contributed by atoms with van der Waals surface area (Å²) in [6.45, 7) is 2.33. The number of alkyl halides is 3. The van der Waals surface area contributed by atoms with Gasteiger partial charge in [-0.3, -0.25) is 9.59 Å². The summed E-state index contributed by atoms with van der Waals surface area (Å²) in [5.74, 6) is -0.523. The van der Waals surface area contributed by atoms with Gasteiger partial charge in [-0.1, -0.05) is 18.2 Å². The molecule has 31 heavy (non-hydrogen) atoms. The molecule has 2 aromatic rings. The van der Waals surface area contributed by atoms with Crippen LogP contribution in [0.15, 0.2) is 42.5 Å². The molecule has 0 radical (unpaired) electrons. The highest BCUT2D eigenvalue weighted by Gasteiger charge is 2.30. The molecule has 0 spiro atoms. The Morgan fingerprint density at radius 1 is 1.23 bits per heavy atom. The Hall–Kier alpha value is -3.07. The average Bonchev–Trinajstić information content (AvgIpc) is 2.72. The van der Waals surface area contributed by atoms with Gasteiger partial charge in [-0.15, -0.1) is 0 Å². The number of amides is 2. The number of carbonyl (C=O) groups is 2. The summed E-state index contributed by atoms with van der Waals surface area (Å²) < 4.78 is 43.8. The number of hydrogen-bond acceptors (Lipinski definition) is 4. The van der Waals surface area contributed by atoms with Gasteiger partial charge in [-0.2, -0.15) is 13.2 Å². The molecule has 0 aromatic heterocycles. The fraction of sp³-hybridized carbons (Fsp3) is 0.364. The zero-order valence-electron chi connectivity index (χ0n) is 16.9. The van der Waals surface area contributed by atoms with Crippen molar-refractivity contribution < 1.29 is 32.6 Å². The van der Waals surface area contributed by atoms with Crippen LogP contribution in [-0.2, 0) is 17.4 Å². The van der Waals surface area contributed by atoms with Crippen LogP contribution in [0.4, 0.5) is 18.9 Å². The largest absolute Gasteiger partial charge is 0.490 e. The molecular weight excluding hydrogens is 413 g/mol. The van der Waals surface area contributed by atoms with E-state index in [1.807, 2.05) is 0 Å². The Labute approximate surface area is 177 Å². The third kappa shape index (κ3) is 5.35. The maximum atomic E-state index is 13.0. The number of rotatable bonds is 5. The summed E-state index contributed by atoms with van der Waals surface area (Å²) in [6.07, 6.45) is -4.01. The van der Waals surface area contributed by atoms with Crippen molar-refractivity contribution in [1.29, 1.82) is 0 Å². The summed E-state index contributed by atoms with van der Waals surface area (Å²) in [6, 6.07) is 8.80. The van der Waals surface area contributed by atoms with Gasteiger partial charge in [0.1, 0.15) is 0 Å². The van der Waals surface area contributed by atoms with Gasteiger partial charge in [0, 0.05) is 6.54 Å². The van der Waals surface area contributed by atoms with E-state index in [1.54, 1.807) is 30.0 Å². The number of fused-ring (bicyclic) bond motifs is 1. The quantitative estimate of drug-likeness (QED) is 0.752. The fourth-order valence-electron chi connectivity index (χ4n) is 3.34. The molecule has 0 bridgehead atoms. The molecule has 0 aliphatic carbocycles. The molecule has 0 saturated heterocycles. The average molecular weight is 436 g/mol. The second-order valence-electron chi connectivity index (χ2n) is 7.33. The van der Waals surface area contributed by atoms with Crippen LogP contribution >= 0.6 is 0 Å². The minimum atomic E-state index is -4.44. The van der Waals surface area contributed by atoms with Gasteiger partial charge < -0.3 is 20.1 Å². The lowest BCUT2D eigenvalue weighted by molar-refractivity contribution is -0.137. The maximum Gasteiger partial charge on any atom is 0.416 e. The Morgan fingerprint density at radius 2 is 1.94 bits per heavy atom. The first-order valence-corrected chi connectivity index (χ1v) is 9.84. The van der Waals surface area contributed by atoms with Crippen LogP contribution in [-0.4, -0.2) is 47.6 Å². The molecule has 0 unspecified atom stereocenters. The Morgan fingerprint density at radius 3 is 2.58 bits per heavy atom. The van der Waals surface area contributed by atoms with E-state index in [-0.39, 0.29) is 36.3 Å². The second kappa shape index (κ2) is 9.38. The highest BCUT2D eigenvalue weighted by Crippen LogP contribution is 2.32. The minimum Gasteiger partial charge on any atom is -0.490 e. The zero-order chi connectivity index (χ0) is 22.6. The van der Waals surface area contributed by atoms with Crippen LogP contribution < -0.4 is 10.1 Å². The third-order valence-electron chi connectivity index (χ3n) is 5.01. The summed E-state index contributed by atoms with van der Waals surface area (Å²) in [4.78, 5) is 27.0. The highest BCUT2D eigenvalue weighted by atomic mass is 19.4. The van der Waals surface area contributed by atoms with Crippen LogP contribution in [0, 0.1) is 0 Å². The lowest BCUT2D eigenvalue weighted by atomic mass is 10.1. The number of aliphatic hydroxyl groups is 1. The first kappa shape index (κ1) is 22.6. The lowest BCUT2D eigenvalue weighted by Gasteiger charge is -2.31. The van der Waals surface area contributed by atoms with Gasteiger partial charge in [0.05, 0.1) is 42.5 Å². The topological polar surface area (TPSA) is 78.9 Å². The number of aliphatic hydroxyl groups excluding tert-OH is 1. The number of benzene rings is 2. The highest BCUT2D eigenvalue weighted by molar-refractivity contribution is 6.01. The van der Waals surface area contributed by atoms with E-state index in [9.17, 15) is 27.9 Å². The van der Waals surface area contributed by atoms with E-state index in [2.05, 4.69) is 5.32 Å². The van der Waals surface area contributed by atoms with E-state index in [0.29, 0.717) is 30.8 Å². The molecule has 1 heterocycles. The summed E-state index contributed by atoms with van der Waals surface area (Å²) in [5, 5.41) is 12.1. The molecule has 3 rings (SSSR count). The molecule has 0 fully saturated rings. The van der Waals surface area contributed by atoms with Crippen molar-refractivity contribution in [3.05, 3.63) is 59.2 Å². The lowest BCUT2D eigenvalue weighted by Crippen LogP contribution is -2.42. The van der Waals surface area contributed by atoms with Crippen LogP contribution in [0.2, 0.25) is 0 Å². The van der Waals surface area contributed by atoms with Crippen LogP contribution in [0.1, 0.15) is 34.8 Å². The third-order valence-corrected chi connectivity index (χ3v) is 5.01. The molecule has 1 aliphatic rings. The van der Waals surface area contributed by atoms with Crippen molar-refractivity contribution in [1.82, 2.24) is 4.90 Å². The predicted molar refractivity (Wildman–Crippen MR) is 108 cm³/mol. The minimum absolute atomic E-state index is 0.135. The van der Waals surface area contributed by atoms with Crippen LogP contribution in [0.5, 0.6) is 5.75 Å². The molecule has 166 valence electrons. The van der Waals surface area contributed by atoms with E-state index >= 15 is 0 Å². The van der Waals surface area contributed by atoms with Gasteiger partial charge >= 0.3 is 6.18 Å². The first-order chi connectivity index (χ1) is 14.7. The van der Waals surface area contributed by atoms with Gasteiger partial charge in [-0.05, 0) is 43.2 Å². The van der Waals surface area contributed by atoms with Crippen molar-refractivity contribution >= 4 is 17.5 Å². The van der Waals surface area contributed by atoms with Crippen molar-refractivity contribution in [3.8, 4) is 5.75 Å². The van der Waals surface area contributed by atoms with Crippen LogP contribution in [0.25, 0.3) is 0 Å². The van der Waals surface area contributed by atoms with Gasteiger partial charge in [0.2, 0.25) is 5.91 Å². The van der Waals surface area contributed by atoms with E-state index in [0.717, 1.165) is 12.1 Å². The van der Waals surface area contributed by atoms with Gasteiger partial charge in [0.15, 0.2) is 5.75 Å². The Kier molecular flexibility index (Phi) is 6.84. The van der Waals surface area contributed by atoms with Crippen molar-refractivity contribution in [2.24, 2.45) is 0 Å². The molecule has 1 aliphatic heterocycles. The maximum absolute atomic E-state index is 13.0. The number of halogens is 3. The smallest absolute Gasteiger partial charge is 0.416 e. The number of hydrogen-bond donors (Lipinski definition) is 2. The molecule has 1 atom stereocenters. The van der Waals surface area contributed by atoms with Crippen molar-refractivity contribution in [2.45, 2.75) is 32.0 Å². The zero-order valence-corrected chi connectivity index (χ0v) is 16.9. The number of ether oxygens (including phenoxy) is 1. The van der Waals surface area contributed by atoms with Crippen LogP contribution in [0.3, 0.4) is 0 Å². The molecule has 0 saturated carbocycles. The SMILES string of the molecule is C[C@@H](CO)N1CCCOc2c(NC(=O)Cc3ccc(C(F)(F)F)cc3)cccc2C1=O. The standard InChI is InChI=1S/C22H23F3N2O4/c1-14(13-28)27-10-3-11-31-20-17(21(27)30)4-2-5-18(20)26-19(29)12-15-6-8-16(9-7-15)22(23,24)25/h2,4-9,14,28H,3,10-13H2,1H3,(H,26,29)/t14-/m0/s1. The van der Waals surface area contributed by atoms with Gasteiger partial charge in [-0.25, -0.2) is 0 Å². The Bertz CT molecular complexity index is 945. The second-order valence-corrected chi connectivity index (χ2v) is 7.33. The predicted octanol–water partition coefficient (Wildman–Crippen LogP) is 3.49. The molecule has 6 nitrogen and oxygen atoms in total. The molecule has 2 aromatic carbocycles. The molecule has 2 amide bonds. The van der Waals surface area contributed by atoms with E-state index in [1.165, 1.54) is 12.1 Å². The first-order valence-electron chi connectivity index (χ1n) is 9.84. The van der Waals surface area contributed by atoms with E-state index in [4.69, 9.17) is 4.74 Å². The number of carbonyl (C=O) groups excluding carboxylic acids is 2. The molecular formula is C22H23F3N2O4. The number of anilines is 1. The number of nitrogens with one attached hydrogen (secondary N) is 1. The van der Waals surface area contributed by atoms with Crippen molar-refractivity contribution in [3.63, 3.8) is 0 Å². The normalized spacial score (nSPS) is 15.4. The van der Waals surface area contributed by atoms with Gasteiger partial charge in [0.25, 0.3) is 5.91 Å².